The van der Waals surface area contributed by atoms with Crippen molar-refractivity contribution in [2.45, 2.75) is 32.7 Å². The number of hydrogen-bond acceptors (Lipinski definition) is 6. The number of nitrogens with one attached hydrogen (secondary N) is 2. The fourth-order valence-electron chi connectivity index (χ4n) is 3.84. The zero-order valence-corrected chi connectivity index (χ0v) is 18.1. The summed E-state index contributed by atoms with van der Waals surface area (Å²) in [7, 11) is 1.72. The van der Waals surface area contributed by atoms with Gasteiger partial charge in [0.2, 0.25) is 5.91 Å². The highest BCUT2D eigenvalue weighted by atomic mass is 16.2. The lowest BCUT2D eigenvalue weighted by Gasteiger charge is -2.19. The quantitative estimate of drug-likeness (QED) is 0.731. The van der Waals surface area contributed by atoms with E-state index in [1.54, 1.807) is 36.3 Å². The molecule has 2 aliphatic heterocycles. The number of aromatic nitrogens is 3. The van der Waals surface area contributed by atoms with Crippen LogP contribution in [-0.2, 0) is 11.8 Å². The van der Waals surface area contributed by atoms with E-state index >= 15 is 0 Å². The van der Waals surface area contributed by atoms with Gasteiger partial charge in [-0.1, -0.05) is 19.9 Å². The second kappa shape index (κ2) is 7.96. The Morgan fingerprint density at radius 3 is 2.81 bits per heavy atom. The maximum Gasteiger partial charge on any atom is 0.323 e. The van der Waals surface area contributed by atoms with Crippen LogP contribution in [-0.4, -0.2) is 51.7 Å². The molecule has 2 saturated heterocycles. The molecule has 32 heavy (non-hydrogen) atoms. The first kappa shape index (κ1) is 21.3. The summed E-state index contributed by atoms with van der Waals surface area (Å²) >= 11 is 0. The first-order chi connectivity index (χ1) is 15.2. The minimum absolute atomic E-state index is 0.0428. The van der Waals surface area contributed by atoms with Gasteiger partial charge in [0.15, 0.2) is 5.82 Å². The molecule has 2 aromatic heterocycles. The maximum atomic E-state index is 12.9. The molecule has 11 nitrogen and oxygen atoms in total. The van der Waals surface area contributed by atoms with Crippen LogP contribution in [0.3, 0.4) is 0 Å². The average Bonchev–Trinajstić information content (AvgIpc) is 3.38. The third-order valence-electron chi connectivity index (χ3n) is 5.65. The third-order valence-corrected chi connectivity index (χ3v) is 5.65. The normalized spacial score (nSPS) is 19.8. The first-order valence-corrected chi connectivity index (χ1v) is 10.3. The molecule has 0 bridgehead atoms. The van der Waals surface area contributed by atoms with Crippen molar-refractivity contribution in [3.05, 3.63) is 30.1 Å². The Balaban J connectivity index is 1.54. The molecule has 4 heterocycles. The monoisotopic (exact) mass is 436 g/mol. The van der Waals surface area contributed by atoms with Crippen molar-refractivity contribution >= 4 is 35.2 Å². The molecule has 4 rings (SSSR count). The Morgan fingerprint density at radius 2 is 2.12 bits per heavy atom. The highest BCUT2D eigenvalue weighted by molar-refractivity contribution is 6.07. The number of carbonyl (C=O) groups excluding carboxylic acids is 3. The molecule has 0 saturated carbocycles. The lowest BCUT2D eigenvalue weighted by Crippen LogP contribution is -2.32. The van der Waals surface area contributed by atoms with Crippen molar-refractivity contribution in [3.8, 4) is 6.07 Å². The highest BCUT2D eigenvalue weighted by Gasteiger charge is 2.41. The number of hydrogen-bond donors (Lipinski definition) is 2. The zero-order chi connectivity index (χ0) is 23.0. The lowest BCUT2D eigenvalue weighted by atomic mass is 9.92. The van der Waals surface area contributed by atoms with Gasteiger partial charge in [0.1, 0.15) is 17.2 Å². The van der Waals surface area contributed by atoms with E-state index < -0.39 is 11.3 Å². The summed E-state index contributed by atoms with van der Waals surface area (Å²) in [6.45, 7) is 4.60. The Kier molecular flexibility index (Phi) is 5.30. The molecule has 2 fully saturated rings. The fourth-order valence-corrected chi connectivity index (χ4v) is 3.84. The van der Waals surface area contributed by atoms with Gasteiger partial charge in [0.05, 0.1) is 31.3 Å². The van der Waals surface area contributed by atoms with Gasteiger partial charge in [0.25, 0.3) is 5.91 Å². The largest absolute Gasteiger partial charge is 0.332 e. The predicted octanol–water partition coefficient (Wildman–Crippen LogP) is 1.64. The number of anilines is 3. The number of nitrogens with zero attached hydrogens (tertiary/aromatic N) is 6. The molecule has 11 heteroatoms. The van der Waals surface area contributed by atoms with E-state index in [0.29, 0.717) is 36.8 Å². The van der Waals surface area contributed by atoms with Crippen molar-refractivity contribution < 1.29 is 14.4 Å². The standard InChI is InChI=1S/C21H24N8O3/c1-21(2)8-10-28(19(21)31)17-15(12-27(3)26-17)25-18(30)14-5-4-6-16(24-14)29-11-13(7-9-22)23-20(29)32/h4-6,12-13H,7-8,10-11H2,1-3H3,(H,23,32)(H,25,30)/t13-/m1/s1. The maximum absolute atomic E-state index is 12.9. The van der Waals surface area contributed by atoms with Crippen molar-refractivity contribution in [1.29, 1.82) is 5.26 Å². The van der Waals surface area contributed by atoms with Crippen molar-refractivity contribution in [3.63, 3.8) is 0 Å². The van der Waals surface area contributed by atoms with Crippen LogP contribution in [0, 0.1) is 16.7 Å². The second-order valence-corrected chi connectivity index (χ2v) is 8.59. The summed E-state index contributed by atoms with van der Waals surface area (Å²) < 4.78 is 1.54. The van der Waals surface area contributed by atoms with Gasteiger partial charge < -0.3 is 10.6 Å². The van der Waals surface area contributed by atoms with Crippen LogP contribution in [0.5, 0.6) is 0 Å². The van der Waals surface area contributed by atoms with Crippen LogP contribution in [0.4, 0.5) is 22.1 Å². The minimum atomic E-state index is -0.486. The molecule has 0 radical (unpaired) electrons. The highest BCUT2D eigenvalue weighted by Crippen LogP contribution is 2.36. The number of carbonyl (C=O) groups is 3. The molecule has 2 aromatic rings. The van der Waals surface area contributed by atoms with Crippen LogP contribution in [0.1, 0.15) is 37.2 Å². The van der Waals surface area contributed by atoms with Crippen LogP contribution in [0.15, 0.2) is 24.4 Å². The van der Waals surface area contributed by atoms with Crippen LogP contribution < -0.4 is 20.4 Å². The van der Waals surface area contributed by atoms with Gasteiger partial charge >= 0.3 is 6.03 Å². The van der Waals surface area contributed by atoms with Gasteiger partial charge in [0, 0.05) is 19.0 Å². The molecule has 2 N–H and O–H groups in total. The van der Waals surface area contributed by atoms with Crippen LogP contribution in [0.25, 0.3) is 0 Å². The van der Waals surface area contributed by atoms with Gasteiger partial charge in [-0.15, -0.1) is 0 Å². The van der Waals surface area contributed by atoms with E-state index in [-0.39, 0.29) is 30.1 Å². The molecule has 2 aliphatic rings. The molecule has 0 aromatic carbocycles. The minimum Gasteiger partial charge on any atom is -0.332 e. The number of aryl methyl sites for hydroxylation is 1. The molecule has 166 valence electrons. The van der Waals surface area contributed by atoms with Crippen LogP contribution in [0.2, 0.25) is 0 Å². The summed E-state index contributed by atoms with van der Waals surface area (Å²) in [5.74, 6) is 0.184. The number of rotatable bonds is 5. The number of nitriles is 1. The topological polar surface area (TPSA) is 136 Å². The zero-order valence-electron chi connectivity index (χ0n) is 18.1. The molecule has 4 amide bonds. The van der Waals surface area contributed by atoms with E-state index in [1.165, 1.54) is 9.58 Å². The van der Waals surface area contributed by atoms with Gasteiger partial charge in [-0.05, 0) is 18.6 Å². The molecule has 0 spiro atoms. The van der Waals surface area contributed by atoms with Gasteiger partial charge in [-0.25, -0.2) is 9.78 Å². The number of amides is 4. The summed E-state index contributed by atoms with van der Waals surface area (Å²) in [6.07, 6.45) is 2.53. The Labute approximate surface area is 185 Å². The predicted molar refractivity (Wildman–Crippen MR) is 116 cm³/mol. The van der Waals surface area contributed by atoms with Gasteiger partial charge in [-0.3, -0.25) is 24.1 Å². The summed E-state index contributed by atoms with van der Waals surface area (Å²) in [6, 6.07) is 6.20. The Hall–Kier alpha value is -3.94. The lowest BCUT2D eigenvalue weighted by molar-refractivity contribution is -0.124. The van der Waals surface area contributed by atoms with Crippen molar-refractivity contribution in [2.24, 2.45) is 12.5 Å². The molecule has 0 unspecified atom stereocenters. The fraction of sp³-hybridized carbons (Fsp3) is 0.429. The first-order valence-electron chi connectivity index (χ1n) is 10.3. The molecule has 1 atom stereocenters. The molecular weight excluding hydrogens is 412 g/mol. The third kappa shape index (κ3) is 3.87. The molecular formula is C21H24N8O3. The van der Waals surface area contributed by atoms with Crippen molar-refractivity contribution in [2.75, 3.05) is 28.2 Å². The summed E-state index contributed by atoms with van der Waals surface area (Å²) in [4.78, 5) is 45.2. The number of pyridine rings is 1. The average molecular weight is 436 g/mol. The summed E-state index contributed by atoms with van der Waals surface area (Å²) in [5, 5.41) is 18.7. The smallest absolute Gasteiger partial charge is 0.323 e. The Bertz CT molecular complexity index is 1130. The van der Waals surface area contributed by atoms with Crippen molar-refractivity contribution in [1.82, 2.24) is 20.1 Å². The number of urea groups is 1. The summed E-state index contributed by atoms with van der Waals surface area (Å²) in [5.41, 5.74) is 0.0414. The second-order valence-electron chi connectivity index (χ2n) is 8.59. The SMILES string of the molecule is Cn1cc(NC(=O)c2cccc(N3C[C@@H](CC#N)NC3=O)n2)c(N2CCC(C)(C)C2=O)n1. The molecule has 0 aliphatic carbocycles. The Morgan fingerprint density at radius 1 is 1.34 bits per heavy atom. The van der Waals surface area contributed by atoms with Gasteiger partial charge in [-0.2, -0.15) is 10.4 Å². The van der Waals surface area contributed by atoms with E-state index in [9.17, 15) is 14.4 Å². The van der Waals surface area contributed by atoms with E-state index in [4.69, 9.17) is 5.26 Å². The van der Waals surface area contributed by atoms with E-state index in [1.807, 2.05) is 19.9 Å². The van der Waals surface area contributed by atoms with E-state index in [0.717, 1.165) is 0 Å². The van der Waals surface area contributed by atoms with Crippen LogP contribution >= 0.6 is 0 Å². The van der Waals surface area contributed by atoms with E-state index in [2.05, 4.69) is 20.7 Å².